The second-order valence-corrected chi connectivity index (χ2v) is 13.6. The Morgan fingerprint density at radius 2 is 1.74 bits per heavy atom. The minimum absolute atomic E-state index is 0.0316. The number of benzene rings is 2. The number of aromatic nitrogens is 2. The molecule has 0 radical (unpaired) electrons. The number of rotatable bonds is 7. The Bertz CT molecular complexity index is 1540. The Hall–Kier alpha value is -2.62. The van der Waals surface area contributed by atoms with Gasteiger partial charge >= 0.3 is 0 Å². The first-order chi connectivity index (χ1) is 17.8. The van der Waals surface area contributed by atoms with Crippen molar-refractivity contribution in [2.75, 3.05) is 12.9 Å². The van der Waals surface area contributed by atoms with Crippen molar-refractivity contribution >= 4 is 61.8 Å². The van der Waals surface area contributed by atoms with Gasteiger partial charge < -0.3 is 10.4 Å². The van der Waals surface area contributed by atoms with Gasteiger partial charge in [0.15, 0.2) is 14.0 Å². The minimum atomic E-state index is -3.92. The number of amides is 1. The van der Waals surface area contributed by atoms with Gasteiger partial charge in [-0.2, -0.15) is 0 Å². The molecule has 2 aromatic carbocycles. The van der Waals surface area contributed by atoms with Crippen LogP contribution in [0.15, 0.2) is 66.9 Å². The number of hydrogen-bond donors (Lipinski definition) is 2. The molecule has 11 heteroatoms. The van der Waals surface area contributed by atoms with Gasteiger partial charge in [-0.05, 0) is 43.2 Å². The van der Waals surface area contributed by atoms with Crippen molar-refractivity contribution in [2.24, 2.45) is 0 Å². The van der Waals surface area contributed by atoms with Gasteiger partial charge in [-0.1, -0.05) is 77.3 Å². The van der Waals surface area contributed by atoms with E-state index in [4.69, 9.17) is 34.8 Å². The zero-order chi connectivity index (χ0) is 27.9. The fraction of sp³-hybridized carbons (Fsp3) is 0.259. The highest BCUT2D eigenvalue weighted by Crippen LogP contribution is 2.47. The van der Waals surface area contributed by atoms with Crippen molar-refractivity contribution in [1.29, 1.82) is 0 Å². The number of imidazole rings is 1. The van der Waals surface area contributed by atoms with E-state index in [1.54, 1.807) is 44.2 Å². The third-order valence-electron chi connectivity index (χ3n) is 6.21. The maximum Gasteiger partial charge on any atom is 0.271 e. The van der Waals surface area contributed by atoms with Crippen LogP contribution in [0.25, 0.3) is 22.7 Å². The largest absolute Gasteiger partial charge is 0.394 e. The average Bonchev–Trinajstić information content (AvgIpc) is 3.28. The van der Waals surface area contributed by atoms with Crippen molar-refractivity contribution in [1.82, 2.24) is 14.9 Å². The van der Waals surface area contributed by atoms with Gasteiger partial charge in [-0.15, -0.1) is 0 Å². The van der Waals surface area contributed by atoms with Crippen LogP contribution in [0.3, 0.4) is 0 Å². The van der Waals surface area contributed by atoms with Crippen LogP contribution in [0.2, 0.25) is 10.0 Å². The van der Waals surface area contributed by atoms with E-state index in [0.29, 0.717) is 5.56 Å². The predicted octanol–water partition coefficient (Wildman–Crippen LogP) is 5.67. The van der Waals surface area contributed by atoms with Crippen LogP contribution in [-0.4, -0.2) is 51.6 Å². The molecule has 1 aliphatic rings. The maximum atomic E-state index is 13.2. The van der Waals surface area contributed by atoms with Crippen molar-refractivity contribution in [2.45, 2.75) is 30.0 Å². The van der Waals surface area contributed by atoms with E-state index in [1.165, 1.54) is 10.8 Å². The highest BCUT2D eigenvalue weighted by molar-refractivity contribution is 7.94. The normalized spacial score (nSPS) is 18.1. The zero-order valence-electron chi connectivity index (χ0n) is 20.9. The molecule has 1 aliphatic carbocycles. The molecule has 1 aromatic heterocycles. The second kappa shape index (κ2) is 10.5. The first-order valence-corrected chi connectivity index (χ1v) is 14.6. The lowest BCUT2D eigenvalue weighted by Crippen LogP contribution is -2.46. The number of alkyl halides is 1. The quantitative estimate of drug-likeness (QED) is 0.344. The summed E-state index contributed by atoms with van der Waals surface area (Å²) in [5.74, 6) is -0.437. The molecular formula is C27H26Cl3N3O4S. The SMILES string of the molecule is CC(C)(CO)NC(=O)c1cn(C2=CC=C(c3ccccc3)CC2(Cl)S(C)(=O)=O)c(-c2c(Cl)cccc2Cl)n1. The Morgan fingerprint density at radius 1 is 1.11 bits per heavy atom. The van der Waals surface area contributed by atoms with Gasteiger partial charge in [0, 0.05) is 18.9 Å². The smallest absolute Gasteiger partial charge is 0.271 e. The summed E-state index contributed by atoms with van der Waals surface area (Å²) in [6.07, 6.45) is 5.83. The van der Waals surface area contributed by atoms with Crippen LogP contribution < -0.4 is 5.32 Å². The fourth-order valence-corrected chi connectivity index (χ4v) is 5.93. The predicted molar refractivity (Wildman–Crippen MR) is 153 cm³/mol. The molecule has 1 unspecified atom stereocenters. The van der Waals surface area contributed by atoms with Gasteiger partial charge in [-0.25, -0.2) is 13.4 Å². The fourth-order valence-electron chi connectivity index (χ4n) is 4.10. The van der Waals surface area contributed by atoms with Crippen LogP contribution in [-0.2, 0) is 9.84 Å². The van der Waals surface area contributed by atoms with Gasteiger partial charge in [-0.3, -0.25) is 9.36 Å². The Balaban J connectivity index is 1.97. The van der Waals surface area contributed by atoms with Gasteiger partial charge in [0.05, 0.1) is 33.5 Å². The minimum Gasteiger partial charge on any atom is -0.394 e. The molecule has 4 rings (SSSR count). The third kappa shape index (κ3) is 5.42. The second-order valence-electron chi connectivity index (χ2n) is 9.70. The maximum absolute atomic E-state index is 13.2. The highest BCUT2D eigenvalue weighted by Gasteiger charge is 2.46. The third-order valence-corrected chi connectivity index (χ3v) is 9.53. The van der Waals surface area contributed by atoms with Crippen molar-refractivity contribution in [3.05, 3.63) is 88.2 Å². The lowest BCUT2D eigenvalue weighted by atomic mass is 9.95. The molecule has 3 aromatic rings. The topological polar surface area (TPSA) is 101 Å². The van der Waals surface area contributed by atoms with Crippen molar-refractivity contribution < 1.29 is 18.3 Å². The monoisotopic (exact) mass is 593 g/mol. The van der Waals surface area contributed by atoms with E-state index in [-0.39, 0.29) is 40.3 Å². The van der Waals surface area contributed by atoms with Crippen LogP contribution in [0.5, 0.6) is 0 Å². The van der Waals surface area contributed by atoms with Crippen molar-refractivity contribution in [3.8, 4) is 11.4 Å². The van der Waals surface area contributed by atoms with Gasteiger partial charge in [0.25, 0.3) is 5.91 Å². The summed E-state index contributed by atoms with van der Waals surface area (Å²) < 4.78 is 26.0. The lowest BCUT2D eigenvalue weighted by molar-refractivity contribution is 0.0864. The number of nitrogens with zero attached hydrogens (tertiary/aromatic N) is 2. The number of hydrogen-bond acceptors (Lipinski definition) is 5. The Kier molecular flexibility index (Phi) is 7.85. The molecule has 0 fully saturated rings. The number of sulfone groups is 1. The molecule has 200 valence electrons. The van der Waals surface area contributed by atoms with Crippen LogP contribution >= 0.6 is 34.8 Å². The molecule has 7 nitrogen and oxygen atoms in total. The first kappa shape index (κ1) is 28.4. The van der Waals surface area contributed by atoms with E-state index >= 15 is 0 Å². The van der Waals surface area contributed by atoms with Crippen LogP contribution in [0, 0.1) is 0 Å². The molecule has 38 heavy (non-hydrogen) atoms. The standard InChI is InChI=1S/C27H26Cl3N3O4S/c1-26(2,16-34)32-25(35)21-15-33(24(31-21)23-19(28)10-7-11-20(23)29)22-13-12-18(17-8-5-4-6-9-17)14-27(22,30)38(3,36)37/h4-13,15,34H,14,16H2,1-3H3,(H,32,35). The molecule has 2 N–H and O–H groups in total. The van der Waals surface area contributed by atoms with Crippen LogP contribution in [0.1, 0.15) is 36.3 Å². The number of aliphatic hydroxyl groups is 1. The van der Waals surface area contributed by atoms with Gasteiger partial charge in [0.2, 0.25) is 0 Å². The van der Waals surface area contributed by atoms with Crippen LogP contribution in [0.4, 0.5) is 0 Å². The summed E-state index contributed by atoms with van der Waals surface area (Å²) in [6.45, 7) is 3.00. The van der Waals surface area contributed by atoms with E-state index in [2.05, 4.69) is 10.3 Å². The first-order valence-electron chi connectivity index (χ1n) is 11.6. The lowest BCUT2D eigenvalue weighted by Gasteiger charge is -2.33. The van der Waals surface area contributed by atoms with E-state index in [9.17, 15) is 18.3 Å². The molecule has 0 saturated heterocycles. The number of allylic oxidation sites excluding steroid dienone is 3. The summed E-state index contributed by atoms with van der Waals surface area (Å²) in [7, 11) is -3.92. The molecule has 0 spiro atoms. The summed E-state index contributed by atoms with van der Waals surface area (Å²) in [4.78, 5) is 17.6. The van der Waals surface area contributed by atoms with E-state index in [1.807, 2.05) is 30.3 Å². The molecule has 0 saturated carbocycles. The molecule has 1 atom stereocenters. The summed E-state index contributed by atoms with van der Waals surface area (Å²) in [6, 6.07) is 14.2. The summed E-state index contributed by atoms with van der Waals surface area (Å²) in [5, 5.41) is 12.8. The number of carbonyl (C=O) groups excluding carboxylic acids is 1. The van der Waals surface area contributed by atoms with E-state index in [0.717, 1.165) is 17.4 Å². The average molecular weight is 595 g/mol. The zero-order valence-corrected chi connectivity index (χ0v) is 24.0. The molecule has 0 aliphatic heterocycles. The highest BCUT2D eigenvalue weighted by atomic mass is 35.5. The van der Waals surface area contributed by atoms with Crippen molar-refractivity contribution in [3.63, 3.8) is 0 Å². The van der Waals surface area contributed by atoms with Gasteiger partial charge in [0.1, 0.15) is 11.5 Å². The summed E-state index contributed by atoms with van der Waals surface area (Å²) in [5.41, 5.74) is 1.08. The molecule has 1 heterocycles. The number of carbonyl (C=O) groups is 1. The number of nitrogens with one attached hydrogen (secondary N) is 1. The number of halogens is 3. The Morgan fingerprint density at radius 3 is 2.32 bits per heavy atom. The molecular weight excluding hydrogens is 569 g/mol. The molecule has 1 amide bonds. The molecule has 0 bridgehead atoms. The van der Waals surface area contributed by atoms with E-state index < -0.39 is 25.5 Å². The Labute approximate surface area is 236 Å². The number of aliphatic hydroxyl groups excluding tert-OH is 1. The summed E-state index contributed by atoms with van der Waals surface area (Å²) >= 11 is 20.0.